The van der Waals surface area contributed by atoms with Crippen LogP contribution in [0, 0.1) is 5.92 Å². The van der Waals surface area contributed by atoms with E-state index in [-0.39, 0.29) is 11.9 Å². The second-order valence-electron chi connectivity index (χ2n) is 5.85. The fourth-order valence-electron chi connectivity index (χ4n) is 3.20. The highest BCUT2D eigenvalue weighted by molar-refractivity contribution is 5.85. The molecule has 1 N–H and O–H groups in total. The number of benzene rings is 2. The van der Waals surface area contributed by atoms with E-state index < -0.39 is 0 Å². The summed E-state index contributed by atoms with van der Waals surface area (Å²) in [5, 5.41) is 12.3. The highest BCUT2D eigenvalue weighted by Gasteiger charge is 2.23. The van der Waals surface area contributed by atoms with Crippen molar-refractivity contribution in [2.45, 2.75) is 45.1 Å². The summed E-state index contributed by atoms with van der Waals surface area (Å²) < 4.78 is 6.08. The number of ether oxygens (including phenoxy) is 1. The maximum atomic E-state index is 10.1. The van der Waals surface area contributed by atoms with Crippen molar-refractivity contribution in [1.82, 2.24) is 0 Å². The molecule has 106 valence electrons. The van der Waals surface area contributed by atoms with Gasteiger partial charge >= 0.3 is 0 Å². The van der Waals surface area contributed by atoms with Crippen LogP contribution in [0.2, 0.25) is 0 Å². The van der Waals surface area contributed by atoms with E-state index in [1.54, 1.807) is 6.07 Å². The van der Waals surface area contributed by atoms with Crippen LogP contribution in [0.3, 0.4) is 0 Å². The number of aromatic hydroxyl groups is 1. The lowest BCUT2D eigenvalue weighted by molar-refractivity contribution is 0.118. The Bertz CT molecular complexity index is 591. The zero-order chi connectivity index (χ0) is 13.9. The summed E-state index contributed by atoms with van der Waals surface area (Å²) in [5.41, 5.74) is 0. The molecule has 20 heavy (non-hydrogen) atoms. The molecule has 2 aromatic rings. The van der Waals surface area contributed by atoms with E-state index in [1.807, 2.05) is 24.3 Å². The lowest BCUT2D eigenvalue weighted by atomic mass is 9.85. The van der Waals surface area contributed by atoms with Gasteiger partial charge in [-0.05, 0) is 48.1 Å². The molecule has 0 saturated heterocycles. The van der Waals surface area contributed by atoms with Gasteiger partial charge in [0.1, 0.15) is 0 Å². The van der Waals surface area contributed by atoms with Crippen LogP contribution in [0.15, 0.2) is 36.4 Å². The number of fused-ring (bicyclic) bond motifs is 1. The molecule has 1 aliphatic rings. The van der Waals surface area contributed by atoms with Crippen LogP contribution in [0.25, 0.3) is 10.8 Å². The molecule has 0 heterocycles. The van der Waals surface area contributed by atoms with Gasteiger partial charge in [-0.1, -0.05) is 44.0 Å². The fraction of sp³-hybridized carbons (Fsp3) is 0.444. The van der Waals surface area contributed by atoms with Crippen LogP contribution in [0.1, 0.15) is 39.0 Å². The minimum atomic E-state index is 0.251. The van der Waals surface area contributed by atoms with Crippen molar-refractivity contribution < 1.29 is 9.84 Å². The van der Waals surface area contributed by atoms with E-state index in [2.05, 4.69) is 13.0 Å². The zero-order valence-electron chi connectivity index (χ0n) is 12.0. The summed E-state index contributed by atoms with van der Waals surface area (Å²) in [6, 6.07) is 11.8. The Morgan fingerprint density at radius 1 is 1.15 bits per heavy atom. The first-order valence-electron chi connectivity index (χ1n) is 7.64. The van der Waals surface area contributed by atoms with Gasteiger partial charge in [0, 0.05) is 0 Å². The minimum Gasteiger partial charge on any atom is -0.504 e. The molecule has 2 atom stereocenters. The highest BCUT2D eigenvalue weighted by atomic mass is 16.5. The molecule has 1 aliphatic carbocycles. The Morgan fingerprint density at radius 2 is 1.90 bits per heavy atom. The van der Waals surface area contributed by atoms with Crippen molar-refractivity contribution in [2.24, 2.45) is 5.92 Å². The SMILES string of the molecule is CCC1CCCC(Oc2cc3ccccc3cc2O)C1. The lowest BCUT2D eigenvalue weighted by Crippen LogP contribution is -2.25. The van der Waals surface area contributed by atoms with Gasteiger partial charge in [0.15, 0.2) is 11.5 Å². The Hall–Kier alpha value is -1.70. The molecular weight excluding hydrogens is 248 g/mol. The van der Waals surface area contributed by atoms with Crippen LogP contribution in [-0.4, -0.2) is 11.2 Å². The Labute approximate surface area is 120 Å². The van der Waals surface area contributed by atoms with Gasteiger partial charge in [-0.15, -0.1) is 0 Å². The van der Waals surface area contributed by atoms with Gasteiger partial charge < -0.3 is 9.84 Å². The largest absolute Gasteiger partial charge is 0.504 e. The van der Waals surface area contributed by atoms with Crippen molar-refractivity contribution in [3.8, 4) is 11.5 Å². The van der Waals surface area contributed by atoms with Gasteiger partial charge in [-0.3, -0.25) is 0 Å². The molecule has 2 aromatic carbocycles. The molecule has 3 rings (SSSR count). The predicted octanol–water partition coefficient (Wildman–Crippen LogP) is 4.89. The van der Waals surface area contributed by atoms with E-state index in [0.29, 0.717) is 5.75 Å². The van der Waals surface area contributed by atoms with Gasteiger partial charge in [0.05, 0.1) is 6.10 Å². The molecule has 0 aromatic heterocycles. The number of phenolic OH excluding ortho intramolecular Hbond substituents is 1. The average Bonchev–Trinajstić information content (AvgIpc) is 2.48. The van der Waals surface area contributed by atoms with Crippen LogP contribution in [0.5, 0.6) is 11.5 Å². The van der Waals surface area contributed by atoms with Crippen molar-refractivity contribution in [3.63, 3.8) is 0 Å². The number of hydrogen-bond acceptors (Lipinski definition) is 2. The van der Waals surface area contributed by atoms with Crippen LogP contribution in [0.4, 0.5) is 0 Å². The first kappa shape index (κ1) is 13.3. The standard InChI is InChI=1S/C18H22O2/c1-2-13-6-5-9-16(10-13)20-18-12-15-8-4-3-7-14(15)11-17(18)19/h3-4,7-8,11-13,16,19H,2,5-6,9-10H2,1H3. The Balaban J connectivity index is 1.81. The topological polar surface area (TPSA) is 29.5 Å². The van der Waals surface area contributed by atoms with E-state index in [4.69, 9.17) is 4.74 Å². The van der Waals surface area contributed by atoms with Gasteiger partial charge in [-0.2, -0.15) is 0 Å². The van der Waals surface area contributed by atoms with Crippen LogP contribution in [-0.2, 0) is 0 Å². The average molecular weight is 270 g/mol. The second kappa shape index (κ2) is 5.74. The third kappa shape index (κ3) is 2.74. The third-order valence-electron chi connectivity index (χ3n) is 4.43. The molecule has 1 saturated carbocycles. The number of phenols is 1. The first-order chi connectivity index (χ1) is 9.76. The van der Waals surface area contributed by atoms with E-state index >= 15 is 0 Å². The van der Waals surface area contributed by atoms with Crippen molar-refractivity contribution >= 4 is 10.8 Å². The molecule has 2 nitrogen and oxygen atoms in total. The maximum absolute atomic E-state index is 10.1. The van der Waals surface area contributed by atoms with E-state index in [0.717, 1.165) is 29.5 Å². The lowest BCUT2D eigenvalue weighted by Gasteiger charge is -2.29. The first-order valence-corrected chi connectivity index (χ1v) is 7.64. The zero-order valence-corrected chi connectivity index (χ0v) is 12.0. The van der Waals surface area contributed by atoms with Gasteiger partial charge in [-0.25, -0.2) is 0 Å². The molecule has 0 spiro atoms. The summed E-state index contributed by atoms with van der Waals surface area (Å²) in [7, 11) is 0. The number of hydrogen-bond donors (Lipinski definition) is 1. The second-order valence-corrected chi connectivity index (χ2v) is 5.85. The minimum absolute atomic E-state index is 0.251. The van der Waals surface area contributed by atoms with E-state index in [9.17, 15) is 5.11 Å². The summed E-state index contributed by atoms with van der Waals surface area (Å²) in [4.78, 5) is 0. The Morgan fingerprint density at radius 3 is 2.65 bits per heavy atom. The monoisotopic (exact) mass is 270 g/mol. The van der Waals surface area contributed by atoms with E-state index in [1.165, 1.54) is 19.3 Å². The third-order valence-corrected chi connectivity index (χ3v) is 4.43. The van der Waals surface area contributed by atoms with Crippen molar-refractivity contribution in [2.75, 3.05) is 0 Å². The Kier molecular flexibility index (Phi) is 3.81. The molecule has 1 fully saturated rings. The normalized spacial score (nSPS) is 22.9. The fourth-order valence-corrected chi connectivity index (χ4v) is 3.20. The van der Waals surface area contributed by atoms with Crippen LogP contribution < -0.4 is 4.74 Å². The predicted molar refractivity (Wildman–Crippen MR) is 82.3 cm³/mol. The van der Waals surface area contributed by atoms with Crippen molar-refractivity contribution in [1.29, 1.82) is 0 Å². The molecule has 2 heteroatoms. The summed E-state index contributed by atoms with van der Waals surface area (Å²) in [5.74, 6) is 1.66. The molecule has 0 amide bonds. The quantitative estimate of drug-likeness (QED) is 0.860. The number of rotatable bonds is 3. The van der Waals surface area contributed by atoms with Gasteiger partial charge in [0.25, 0.3) is 0 Å². The highest BCUT2D eigenvalue weighted by Crippen LogP contribution is 2.35. The van der Waals surface area contributed by atoms with Gasteiger partial charge in [0.2, 0.25) is 0 Å². The van der Waals surface area contributed by atoms with Crippen LogP contribution >= 0.6 is 0 Å². The molecule has 0 bridgehead atoms. The smallest absolute Gasteiger partial charge is 0.161 e. The molecule has 0 aliphatic heterocycles. The van der Waals surface area contributed by atoms with Crippen molar-refractivity contribution in [3.05, 3.63) is 36.4 Å². The summed E-state index contributed by atoms with van der Waals surface area (Å²) >= 11 is 0. The summed E-state index contributed by atoms with van der Waals surface area (Å²) in [6.45, 7) is 2.25. The molecule has 2 unspecified atom stereocenters. The molecule has 0 radical (unpaired) electrons. The summed E-state index contributed by atoms with van der Waals surface area (Å²) in [6.07, 6.45) is 6.24. The maximum Gasteiger partial charge on any atom is 0.161 e. The molecular formula is C18H22O2.